The summed E-state index contributed by atoms with van der Waals surface area (Å²) in [6, 6.07) is 1.93. The van der Waals surface area contributed by atoms with E-state index in [9.17, 15) is 4.79 Å². The fourth-order valence-electron chi connectivity index (χ4n) is 2.17. The summed E-state index contributed by atoms with van der Waals surface area (Å²) in [4.78, 5) is 20.8. The van der Waals surface area contributed by atoms with Crippen LogP contribution in [0.1, 0.15) is 12.8 Å². The molecule has 1 aliphatic rings. The van der Waals surface area contributed by atoms with Crippen LogP contribution < -0.4 is 16.8 Å². The topological polar surface area (TPSA) is 110 Å². The van der Waals surface area contributed by atoms with Crippen LogP contribution >= 0.6 is 11.6 Å². The number of nitrogens with two attached hydrogens (primary N) is 2. The third-order valence-electron chi connectivity index (χ3n) is 3.03. The fraction of sp³-hybridized carbons (Fsp3) is 0.545. The van der Waals surface area contributed by atoms with Crippen LogP contribution in [0.3, 0.4) is 0 Å². The van der Waals surface area contributed by atoms with E-state index in [0.29, 0.717) is 17.5 Å². The molecule has 19 heavy (non-hydrogen) atoms. The number of carbonyl (C=O) groups excluding carboxylic acids is 1. The minimum Gasteiger partial charge on any atom is -0.369 e. The Labute approximate surface area is 116 Å². The van der Waals surface area contributed by atoms with E-state index in [1.54, 1.807) is 6.07 Å². The van der Waals surface area contributed by atoms with Gasteiger partial charge in [0, 0.05) is 25.2 Å². The number of anilines is 2. The summed E-state index contributed by atoms with van der Waals surface area (Å²) >= 11 is 5.82. The van der Waals surface area contributed by atoms with Gasteiger partial charge in [-0.25, -0.2) is 4.98 Å². The van der Waals surface area contributed by atoms with Gasteiger partial charge in [-0.1, -0.05) is 11.6 Å². The maximum absolute atomic E-state index is 10.8. The average molecular weight is 285 g/mol. The SMILES string of the molecule is NC(=O)CN1CCC(Nc2cc(Cl)nc(N)n2)CC1. The van der Waals surface area contributed by atoms with Crippen LogP contribution in [0.15, 0.2) is 6.07 Å². The van der Waals surface area contributed by atoms with E-state index in [4.69, 9.17) is 23.1 Å². The second-order valence-corrected chi connectivity index (χ2v) is 4.98. The van der Waals surface area contributed by atoms with Gasteiger partial charge in [-0.15, -0.1) is 0 Å². The van der Waals surface area contributed by atoms with Crippen LogP contribution in [0.5, 0.6) is 0 Å². The molecule has 0 aromatic carbocycles. The van der Waals surface area contributed by atoms with Crippen molar-refractivity contribution in [3.8, 4) is 0 Å². The lowest BCUT2D eigenvalue weighted by atomic mass is 10.1. The fourth-order valence-corrected chi connectivity index (χ4v) is 2.36. The van der Waals surface area contributed by atoms with Gasteiger partial charge in [-0.2, -0.15) is 4.98 Å². The number of nitrogens with one attached hydrogen (secondary N) is 1. The van der Waals surface area contributed by atoms with Crippen LogP contribution in [0.4, 0.5) is 11.8 Å². The number of primary amides is 1. The number of aromatic nitrogens is 2. The van der Waals surface area contributed by atoms with Crippen molar-refractivity contribution in [1.82, 2.24) is 14.9 Å². The van der Waals surface area contributed by atoms with E-state index in [2.05, 4.69) is 15.3 Å². The molecule has 0 saturated carbocycles. The Morgan fingerprint density at radius 2 is 2.16 bits per heavy atom. The number of halogens is 1. The Hall–Kier alpha value is -1.60. The van der Waals surface area contributed by atoms with Crippen molar-refractivity contribution < 1.29 is 4.79 Å². The van der Waals surface area contributed by atoms with Gasteiger partial charge in [0.1, 0.15) is 11.0 Å². The highest BCUT2D eigenvalue weighted by Gasteiger charge is 2.20. The molecule has 5 N–H and O–H groups in total. The third kappa shape index (κ3) is 4.22. The normalized spacial score (nSPS) is 17.3. The Kier molecular flexibility index (Phi) is 4.39. The molecule has 0 radical (unpaired) electrons. The minimum atomic E-state index is -0.290. The zero-order valence-corrected chi connectivity index (χ0v) is 11.2. The quantitative estimate of drug-likeness (QED) is 0.675. The first-order valence-corrected chi connectivity index (χ1v) is 6.48. The zero-order chi connectivity index (χ0) is 13.8. The number of amides is 1. The van der Waals surface area contributed by atoms with Crippen molar-refractivity contribution in [3.63, 3.8) is 0 Å². The Morgan fingerprint density at radius 3 is 2.74 bits per heavy atom. The van der Waals surface area contributed by atoms with E-state index < -0.39 is 0 Å². The first kappa shape index (κ1) is 13.8. The van der Waals surface area contributed by atoms with Crippen molar-refractivity contribution in [2.24, 2.45) is 5.73 Å². The Balaban J connectivity index is 1.86. The molecule has 7 nitrogen and oxygen atoms in total. The molecule has 1 amide bonds. The predicted molar refractivity (Wildman–Crippen MR) is 73.7 cm³/mol. The zero-order valence-electron chi connectivity index (χ0n) is 10.5. The molecule has 0 atom stereocenters. The molecule has 1 saturated heterocycles. The molecule has 8 heteroatoms. The molecule has 0 aliphatic carbocycles. The highest BCUT2D eigenvalue weighted by atomic mass is 35.5. The number of carbonyl (C=O) groups is 1. The maximum Gasteiger partial charge on any atom is 0.231 e. The highest BCUT2D eigenvalue weighted by Crippen LogP contribution is 2.18. The van der Waals surface area contributed by atoms with Gasteiger partial charge < -0.3 is 16.8 Å². The average Bonchev–Trinajstić information content (AvgIpc) is 2.29. The summed E-state index contributed by atoms with van der Waals surface area (Å²) in [5.74, 6) is 0.494. The molecule has 1 aromatic rings. The van der Waals surface area contributed by atoms with Crippen molar-refractivity contribution >= 4 is 29.3 Å². The standard InChI is InChI=1S/C11H17ClN6O/c12-8-5-10(17-11(14)16-8)15-7-1-3-18(4-2-7)6-9(13)19/h5,7H,1-4,6H2,(H2,13,19)(H3,14,15,16,17). The van der Waals surface area contributed by atoms with Crippen LogP contribution in [0.25, 0.3) is 0 Å². The molecule has 104 valence electrons. The van der Waals surface area contributed by atoms with Crippen LogP contribution in [-0.4, -0.2) is 46.5 Å². The van der Waals surface area contributed by atoms with E-state index in [1.807, 2.05) is 4.90 Å². The summed E-state index contributed by atoms with van der Waals surface area (Å²) in [6.07, 6.45) is 1.82. The lowest BCUT2D eigenvalue weighted by Gasteiger charge is -2.31. The Morgan fingerprint density at radius 1 is 1.47 bits per heavy atom. The van der Waals surface area contributed by atoms with E-state index in [0.717, 1.165) is 25.9 Å². The largest absolute Gasteiger partial charge is 0.369 e. The number of hydrogen-bond acceptors (Lipinski definition) is 6. The summed E-state index contributed by atoms with van der Waals surface area (Å²) in [7, 11) is 0. The summed E-state index contributed by atoms with van der Waals surface area (Å²) in [5.41, 5.74) is 10.7. The second kappa shape index (κ2) is 6.03. The lowest BCUT2D eigenvalue weighted by Crippen LogP contribution is -2.43. The maximum atomic E-state index is 10.8. The van der Waals surface area contributed by atoms with Gasteiger partial charge >= 0.3 is 0 Å². The molecule has 2 heterocycles. The van der Waals surface area contributed by atoms with Crippen LogP contribution in [0.2, 0.25) is 5.15 Å². The van der Waals surface area contributed by atoms with Gasteiger partial charge in [-0.3, -0.25) is 9.69 Å². The second-order valence-electron chi connectivity index (χ2n) is 4.60. The minimum absolute atomic E-state index is 0.154. The summed E-state index contributed by atoms with van der Waals surface area (Å²) < 4.78 is 0. The molecule has 0 spiro atoms. The Bertz CT molecular complexity index is 440. The number of likely N-dealkylation sites (tertiary alicyclic amines) is 1. The van der Waals surface area contributed by atoms with Crippen molar-refractivity contribution in [1.29, 1.82) is 0 Å². The molecule has 1 fully saturated rings. The number of nitrogen functional groups attached to an aromatic ring is 1. The monoisotopic (exact) mass is 284 g/mol. The number of rotatable bonds is 4. The van der Waals surface area contributed by atoms with E-state index >= 15 is 0 Å². The molecule has 1 aromatic heterocycles. The molecular weight excluding hydrogens is 268 g/mol. The van der Waals surface area contributed by atoms with Gasteiger partial charge in [-0.05, 0) is 12.8 Å². The van der Waals surface area contributed by atoms with Crippen molar-refractivity contribution in [3.05, 3.63) is 11.2 Å². The van der Waals surface area contributed by atoms with Crippen LogP contribution in [-0.2, 0) is 4.79 Å². The number of nitrogens with zero attached hydrogens (tertiary/aromatic N) is 3. The smallest absolute Gasteiger partial charge is 0.231 e. The van der Waals surface area contributed by atoms with E-state index in [1.165, 1.54) is 0 Å². The van der Waals surface area contributed by atoms with Gasteiger partial charge in [0.2, 0.25) is 11.9 Å². The van der Waals surface area contributed by atoms with E-state index in [-0.39, 0.29) is 17.9 Å². The number of piperidine rings is 1. The lowest BCUT2D eigenvalue weighted by molar-refractivity contribution is -0.119. The summed E-state index contributed by atoms with van der Waals surface area (Å²) in [5, 5.41) is 3.60. The molecule has 0 unspecified atom stereocenters. The molecule has 2 rings (SSSR count). The molecule has 0 bridgehead atoms. The van der Waals surface area contributed by atoms with Gasteiger partial charge in [0.25, 0.3) is 0 Å². The third-order valence-corrected chi connectivity index (χ3v) is 3.22. The first-order valence-electron chi connectivity index (χ1n) is 6.10. The highest BCUT2D eigenvalue weighted by molar-refractivity contribution is 6.29. The van der Waals surface area contributed by atoms with Crippen molar-refractivity contribution in [2.75, 3.05) is 30.7 Å². The van der Waals surface area contributed by atoms with Crippen LogP contribution in [0, 0.1) is 0 Å². The number of hydrogen-bond donors (Lipinski definition) is 3. The van der Waals surface area contributed by atoms with Gasteiger partial charge in [0.15, 0.2) is 0 Å². The first-order chi connectivity index (χ1) is 9.02. The molecular formula is C11H17ClN6O. The summed E-state index contributed by atoms with van der Waals surface area (Å²) in [6.45, 7) is 1.98. The predicted octanol–water partition coefficient (Wildman–Crippen LogP) is 0.0738. The molecule has 1 aliphatic heterocycles. The van der Waals surface area contributed by atoms with Gasteiger partial charge in [0.05, 0.1) is 6.54 Å². The van der Waals surface area contributed by atoms with Crippen molar-refractivity contribution in [2.45, 2.75) is 18.9 Å².